The summed E-state index contributed by atoms with van der Waals surface area (Å²) in [4.78, 5) is 110. The number of anilines is 6. The lowest BCUT2D eigenvalue weighted by Gasteiger charge is -2.27. The van der Waals surface area contributed by atoms with E-state index in [-0.39, 0.29) is 35.4 Å². The van der Waals surface area contributed by atoms with Crippen LogP contribution in [0.5, 0.6) is 0 Å². The fraction of sp³-hybridized carbons (Fsp3) is 0.519. The van der Waals surface area contributed by atoms with Crippen LogP contribution in [0, 0.1) is 0 Å². The van der Waals surface area contributed by atoms with Crippen molar-refractivity contribution < 1.29 is 28.8 Å². The smallest absolute Gasteiger partial charge is 0.258 e. The number of carbonyl (C=O) groups excluding carboxylic acids is 6. The first-order chi connectivity index (χ1) is 57.9. The first-order valence-corrected chi connectivity index (χ1v) is 48.3. The van der Waals surface area contributed by atoms with E-state index >= 15 is 28.8 Å². The van der Waals surface area contributed by atoms with Crippen LogP contribution >= 0.6 is 22.7 Å². The molecule has 0 aliphatic carbocycles. The largest absolute Gasteiger partial charge is 0.308 e. The monoisotopic (exact) mass is 1630 g/mol. The van der Waals surface area contributed by atoms with E-state index in [2.05, 4.69) is 77.9 Å². The second kappa shape index (κ2) is 50.6. The first-order valence-electron chi connectivity index (χ1n) is 46.7. The lowest BCUT2D eigenvalue weighted by molar-refractivity contribution is 0.0975. The van der Waals surface area contributed by atoms with Crippen molar-refractivity contribution in [3.05, 3.63) is 191 Å². The second-order valence-corrected chi connectivity index (χ2v) is 35.7. The molecule has 0 saturated carbocycles. The van der Waals surface area contributed by atoms with Gasteiger partial charge in [0, 0.05) is 126 Å². The molecule has 6 aromatic carbocycles. The van der Waals surface area contributed by atoms with Crippen LogP contribution in [0.4, 0.5) is 34.1 Å². The van der Waals surface area contributed by atoms with E-state index in [1.165, 1.54) is 128 Å². The van der Waals surface area contributed by atoms with Crippen LogP contribution in [0.2, 0.25) is 0 Å². The third kappa shape index (κ3) is 27.3. The Morgan fingerprint density at radius 2 is 0.356 bits per heavy atom. The molecule has 0 fully saturated rings. The molecule has 10 rings (SSSR count). The Labute approximate surface area is 718 Å². The van der Waals surface area contributed by atoms with Gasteiger partial charge in [0.05, 0.1) is 0 Å². The fourth-order valence-electron chi connectivity index (χ4n) is 16.9. The van der Waals surface area contributed by atoms with Crippen LogP contribution in [0.1, 0.15) is 373 Å². The molecule has 0 spiro atoms. The van der Waals surface area contributed by atoms with Crippen LogP contribution in [-0.4, -0.2) is 74.7 Å². The molecule has 0 atom stereocenters. The number of nitrogens with zero attached hydrogens (tertiary/aromatic N) is 6. The molecule has 634 valence electrons. The summed E-state index contributed by atoms with van der Waals surface area (Å²) < 4.78 is 0. The summed E-state index contributed by atoms with van der Waals surface area (Å²) in [6.45, 7) is 16.2. The van der Waals surface area contributed by atoms with Crippen LogP contribution < -0.4 is 29.4 Å². The third-order valence-corrected chi connectivity index (χ3v) is 26.4. The lowest BCUT2D eigenvalue weighted by atomic mass is 10.0. The van der Waals surface area contributed by atoms with Crippen molar-refractivity contribution in [2.24, 2.45) is 0 Å². The molecule has 2 aliphatic heterocycles. The molecule has 118 heavy (non-hydrogen) atoms. The van der Waals surface area contributed by atoms with Gasteiger partial charge in [-0.15, -0.1) is 22.7 Å². The highest BCUT2D eigenvalue weighted by molar-refractivity contribution is 7.25. The van der Waals surface area contributed by atoms with Gasteiger partial charge in [0.1, 0.15) is 0 Å². The number of thiophene rings is 2. The zero-order valence-corrected chi connectivity index (χ0v) is 74.5. The minimum absolute atomic E-state index is 0.151. The van der Waals surface area contributed by atoms with Crippen molar-refractivity contribution in [3.8, 4) is 30.6 Å². The summed E-state index contributed by atoms with van der Waals surface area (Å²) >= 11 is 3.29. The first kappa shape index (κ1) is 91.8. The molecule has 6 amide bonds. The quantitative estimate of drug-likeness (QED) is 0.0350. The number of hydrogen-bond acceptors (Lipinski definition) is 8. The van der Waals surface area contributed by atoms with E-state index in [1.807, 2.05) is 151 Å². The molecule has 14 heteroatoms. The van der Waals surface area contributed by atoms with Gasteiger partial charge >= 0.3 is 0 Å². The third-order valence-electron chi connectivity index (χ3n) is 24.0. The minimum Gasteiger partial charge on any atom is -0.308 e. The lowest BCUT2D eigenvalue weighted by Crippen LogP contribution is -2.34. The number of fused-ring (bicyclic) bond motifs is 12. The van der Waals surface area contributed by atoms with Crippen molar-refractivity contribution in [2.45, 2.75) is 311 Å². The predicted molar refractivity (Wildman–Crippen MR) is 502 cm³/mol. The molecule has 0 saturated heterocycles. The van der Waals surface area contributed by atoms with Gasteiger partial charge in [-0.05, 0) is 183 Å². The summed E-state index contributed by atoms with van der Waals surface area (Å²) in [5.74, 6) is -1.02. The maximum atomic E-state index is 16.1. The topological polar surface area (TPSA) is 122 Å². The van der Waals surface area contributed by atoms with Gasteiger partial charge in [0.2, 0.25) is 0 Å². The Bertz CT molecular complexity index is 4140. The van der Waals surface area contributed by atoms with Gasteiger partial charge in [-0.3, -0.25) is 28.8 Å². The molecular formula is C104H140N6O6S2. The van der Waals surface area contributed by atoms with E-state index in [9.17, 15) is 0 Å². The maximum absolute atomic E-state index is 16.1. The predicted octanol–water partition coefficient (Wildman–Crippen LogP) is 29.8. The molecule has 8 aromatic rings. The van der Waals surface area contributed by atoms with Gasteiger partial charge in [0.25, 0.3) is 35.4 Å². The Hall–Kier alpha value is -8.46. The van der Waals surface area contributed by atoms with E-state index in [0.717, 1.165) is 172 Å². The maximum Gasteiger partial charge on any atom is 0.258 e. The number of benzene rings is 6. The van der Waals surface area contributed by atoms with Gasteiger partial charge in [-0.1, -0.05) is 297 Å². The number of hydrogen-bond donors (Lipinski definition) is 0. The van der Waals surface area contributed by atoms with Crippen LogP contribution in [0.3, 0.4) is 0 Å². The van der Waals surface area contributed by atoms with E-state index in [1.54, 1.807) is 22.7 Å². The number of unbranched alkanes of at least 4 members (excludes halogenated alkanes) is 36. The van der Waals surface area contributed by atoms with Crippen LogP contribution in [0.25, 0.3) is 30.6 Å². The Balaban J connectivity index is 1.06. The highest BCUT2D eigenvalue weighted by atomic mass is 32.1. The molecule has 4 heterocycles. The summed E-state index contributed by atoms with van der Waals surface area (Å²) in [7, 11) is 0. The number of carbonyl (C=O) groups is 6. The van der Waals surface area contributed by atoms with E-state index in [4.69, 9.17) is 0 Å². The number of rotatable bonds is 51. The Morgan fingerprint density at radius 3 is 0.585 bits per heavy atom. The SMILES string of the molecule is CCCCCCCCCN1C(=O)c2cccc(c2)N(CCCCCCCCC)C(=O)c2cc(-c3ccc(-c4ccc(-c5cc6cc(c5)N(CCCCCCCCC)C(=O)c5cccc(c5)N(CCCCCCCCC)C(=O)c5cccc(c5)N(CCCCCCCCC)C6=O)s4)s3)cc(c2)N(CCCCCCCCC)C(=O)c2cccc1c2. The molecule has 2 aromatic heterocycles. The Kier molecular flexibility index (Phi) is 39.4. The summed E-state index contributed by atoms with van der Waals surface area (Å²) in [6.07, 6.45) is 45.5. The fourth-order valence-corrected chi connectivity index (χ4v) is 19.0. The average molecular weight is 1630 g/mol. The highest BCUT2D eigenvalue weighted by Crippen LogP contribution is 2.44. The molecule has 12 bridgehead atoms. The number of amides is 6. The molecule has 12 nitrogen and oxygen atoms in total. The van der Waals surface area contributed by atoms with Gasteiger partial charge in [-0.2, -0.15) is 0 Å². The molecule has 2 aliphatic rings. The zero-order valence-electron chi connectivity index (χ0n) is 72.9. The van der Waals surface area contributed by atoms with Crippen molar-refractivity contribution in [2.75, 3.05) is 68.7 Å². The van der Waals surface area contributed by atoms with Crippen molar-refractivity contribution in [3.63, 3.8) is 0 Å². The van der Waals surface area contributed by atoms with Crippen molar-refractivity contribution >= 4 is 92.2 Å². The van der Waals surface area contributed by atoms with Gasteiger partial charge < -0.3 is 29.4 Å². The summed E-state index contributed by atoms with van der Waals surface area (Å²) in [6, 6.07) is 51.4. The minimum atomic E-state index is -0.183. The Morgan fingerprint density at radius 1 is 0.178 bits per heavy atom. The summed E-state index contributed by atoms with van der Waals surface area (Å²) in [5.41, 5.74) is 8.57. The molecule has 0 N–H and O–H groups in total. The van der Waals surface area contributed by atoms with Crippen LogP contribution in [0.15, 0.2) is 158 Å². The van der Waals surface area contributed by atoms with Crippen LogP contribution in [-0.2, 0) is 0 Å². The van der Waals surface area contributed by atoms with E-state index < -0.39 is 0 Å². The van der Waals surface area contributed by atoms with Crippen molar-refractivity contribution in [1.82, 2.24) is 0 Å². The second-order valence-electron chi connectivity index (χ2n) is 33.5. The van der Waals surface area contributed by atoms with Gasteiger partial charge in [0.15, 0.2) is 0 Å². The molecule has 0 radical (unpaired) electrons. The molecule has 0 unspecified atom stereocenters. The molecular weight excluding hydrogens is 1490 g/mol. The van der Waals surface area contributed by atoms with E-state index in [0.29, 0.717) is 107 Å². The average Bonchev–Trinajstić information content (AvgIpc) is 1.53. The zero-order chi connectivity index (χ0) is 83.1. The van der Waals surface area contributed by atoms with Gasteiger partial charge in [-0.25, -0.2) is 0 Å². The summed E-state index contributed by atoms with van der Waals surface area (Å²) in [5, 5.41) is 0. The normalized spacial score (nSPS) is 13.4. The standard InChI is InChI=1S/C104H140N6O6S2/c1-7-13-19-25-31-37-43-65-105-89-57-51-55-83(75-89)101(113)109(69-47-41-35-29-23-17-11-5)93-77-85(71-87(79-93)103(115)107(67-45-39-33-27-21-15-9-3)91-59-49-53-81(73-91)99(105)111)95-61-63-97(117-95)98-64-62-96(118-98)86-72-88-80-94(78-86)110(70-48-42-36-30-24-18-12-6)102(114)84-56-52-58-90(76-84)106(66-44-38-32-26-20-14-8-2)100(112)82-54-50-60-92(74-82)108(104(88)116)68-46-40-34-28-22-16-10-4/h49-64,71-80H,7-48,65-70H2,1-6H3. The highest BCUT2D eigenvalue weighted by Gasteiger charge is 2.31. The van der Waals surface area contributed by atoms with Crippen molar-refractivity contribution in [1.29, 1.82) is 0 Å².